The molecule has 1 unspecified atom stereocenters. The molecule has 1 fully saturated rings. The topological polar surface area (TPSA) is 23.6 Å². The lowest BCUT2D eigenvalue weighted by Crippen LogP contribution is -2.49. The Morgan fingerprint density at radius 1 is 0.923 bits per heavy atom. The van der Waals surface area contributed by atoms with Crippen LogP contribution in [0.2, 0.25) is 0 Å². The van der Waals surface area contributed by atoms with Gasteiger partial charge in [-0.2, -0.15) is 0 Å². The molecule has 2 aromatic carbocycles. The molecule has 1 atom stereocenters. The Balaban J connectivity index is 1.36. The molecular weight excluding hydrogens is 327 g/mol. The summed E-state index contributed by atoms with van der Waals surface area (Å²) in [6.45, 7) is 4.26. The number of hydrogen-bond donors (Lipinski definition) is 0. The van der Waals surface area contributed by atoms with E-state index in [0.717, 1.165) is 39.1 Å². The Kier molecular flexibility index (Phi) is 6.92. The number of piperazine rings is 1. The molecule has 4 heteroatoms. The molecule has 138 valence electrons. The summed E-state index contributed by atoms with van der Waals surface area (Å²) in [6.07, 6.45) is 0.543. The van der Waals surface area contributed by atoms with Crippen LogP contribution in [0, 0.1) is 0 Å². The number of ketones is 1. The fourth-order valence-electron chi connectivity index (χ4n) is 3.40. The van der Waals surface area contributed by atoms with E-state index in [2.05, 4.69) is 29.2 Å². The van der Waals surface area contributed by atoms with Gasteiger partial charge in [0.25, 0.3) is 0 Å². The highest BCUT2D eigenvalue weighted by molar-refractivity contribution is 5.95. The molecule has 1 aliphatic heterocycles. The lowest BCUT2D eigenvalue weighted by atomic mass is 10.1. The largest absolute Gasteiger partial charge is 0.300 e. The summed E-state index contributed by atoms with van der Waals surface area (Å²) in [5, 5.41) is 0. The highest BCUT2D eigenvalue weighted by atomic mass is 19.1. The van der Waals surface area contributed by atoms with E-state index in [0.29, 0.717) is 5.56 Å². The molecule has 3 rings (SSSR count). The minimum atomic E-state index is -1.03. The first kappa shape index (κ1) is 18.7. The lowest BCUT2D eigenvalue weighted by molar-refractivity contribution is 0.0262. The van der Waals surface area contributed by atoms with E-state index in [-0.39, 0.29) is 18.6 Å². The van der Waals surface area contributed by atoms with E-state index < -0.39 is 6.30 Å². The van der Waals surface area contributed by atoms with Crippen molar-refractivity contribution in [2.75, 3.05) is 32.7 Å². The smallest absolute Gasteiger partial charge is 0.163 e. The van der Waals surface area contributed by atoms with Crippen LogP contribution in [0.5, 0.6) is 0 Å². The number of benzene rings is 2. The highest BCUT2D eigenvalue weighted by Gasteiger charge is 2.23. The number of nitrogens with zero attached hydrogens (tertiary/aromatic N) is 2. The Bertz CT molecular complexity index is 669. The number of halogens is 1. The van der Waals surface area contributed by atoms with Crippen LogP contribution in [-0.2, 0) is 6.42 Å². The predicted octanol–water partition coefficient (Wildman–Crippen LogP) is 3.81. The summed E-state index contributed by atoms with van der Waals surface area (Å²) in [7, 11) is 0. The zero-order valence-corrected chi connectivity index (χ0v) is 15.2. The van der Waals surface area contributed by atoms with Gasteiger partial charge < -0.3 is 4.90 Å². The van der Waals surface area contributed by atoms with Gasteiger partial charge in [0.1, 0.15) is 0 Å². The second-order valence-corrected chi connectivity index (χ2v) is 6.88. The normalized spacial score (nSPS) is 17.1. The van der Waals surface area contributed by atoms with Crippen LogP contribution < -0.4 is 0 Å². The summed E-state index contributed by atoms with van der Waals surface area (Å²) in [5.41, 5.74) is 2.02. The first-order valence-corrected chi connectivity index (χ1v) is 9.45. The number of Topliss-reactive ketones (excluding diaryl/α,β-unsaturated/α-hetero) is 1. The summed E-state index contributed by atoms with van der Waals surface area (Å²) in [4.78, 5) is 16.4. The summed E-state index contributed by atoms with van der Waals surface area (Å²) < 4.78 is 14.5. The van der Waals surface area contributed by atoms with Crippen LogP contribution in [0.15, 0.2) is 60.7 Å². The maximum atomic E-state index is 14.5. The van der Waals surface area contributed by atoms with E-state index in [1.54, 1.807) is 12.1 Å². The number of hydrogen-bond acceptors (Lipinski definition) is 3. The van der Waals surface area contributed by atoms with E-state index in [1.165, 1.54) is 5.56 Å². The Labute approximate surface area is 155 Å². The van der Waals surface area contributed by atoms with Crippen LogP contribution in [0.3, 0.4) is 0 Å². The zero-order valence-electron chi connectivity index (χ0n) is 15.2. The van der Waals surface area contributed by atoms with Crippen molar-refractivity contribution in [1.82, 2.24) is 9.80 Å². The second kappa shape index (κ2) is 9.60. The molecule has 2 aromatic rings. The summed E-state index contributed by atoms with van der Waals surface area (Å²) in [5.74, 6) is 0.0229. The third-order valence-corrected chi connectivity index (χ3v) is 5.07. The molecule has 0 bridgehead atoms. The van der Waals surface area contributed by atoms with Gasteiger partial charge >= 0.3 is 0 Å². The van der Waals surface area contributed by atoms with E-state index in [9.17, 15) is 9.18 Å². The van der Waals surface area contributed by atoms with Gasteiger partial charge in [-0.15, -0.1) is 0 Å². The van der Waals surface area contributed by atoms with Crippen molar-refractivity contribution >= 4 is 5.78 Å². The SMILES string of the molecule is O=C(CCC(F)N1CCN(CCc2ccccc2)CC1)c1ccccc1. The van der Waals surface area contributed by atoms with Gasteiger partial charge in [-0.05, 0) is 18.4 Å². The van der Waals surface area contributed by atoms with Gasteiger partial charge in [-0.1, -0.05) is 60.7 Å². The molecule has 0 radical (unpaired) electrons. The molecule has 0 aromatic heterocycles. The quantitative estimate of drug-likeness (QED) is 0.532. The van der Waals surface area contributed by atoms with Gasteiger partial charge in [0.05, 0.1) is 0 Å². The third kappa shape index (κ3) is 5.48. The van der Waals surface area contributed by atoms with Crippen molar-refractivity contribution in [3.63, 3.8) is 0 Å². The average Bonchev–Trinajstić information content (AvgIpc) is 2.72. The van der Waals surface area contributed by atoms with Crippen LogP contribution in [-0.4, -0.2) is 54.6 Å². The first-order valence-electron chi connectivity index (χ1n) is 9.45. The number of rotatable bonds is 8. The Morgan fingerprint density at radius 2 is 1.54 bits per heavy atom. The zero-order chi connectivity index (χ0) is 18.2. The monoisotopic (exact) mass is 354 g/mol. The number of alkyl halides is 1. The fraction of sp³-hybridized carbons (Fsp3) is 0.409. The minimum absolute atomic E-state index is 0.0229. The molecule has 0 saturated carbocycles. The molecule has 0 aliphatic carbocycles. The molecule has 1 saturated heterocycles. The first-order chi connectivity index (χ1) is 12.7. The number of carbonyl (C=O) groups excluding carboxylic acids is 1. The third-order valence-electron chi connectivity index (χ3n) is 5.07. The minimum Gasteiger partial charge on any atom is -0.300 e. The van der Waals surface area contributed by atoms with Crippen molar-refractivity contribution in [3.8, 4) is 0 Å². The van der Waals surface area contributed by atoms with Gasteiger partial charge in [-0.3, -0.25) is 9.69 Å². The van der Waals surface area contributed by atoms with Crippen LogP contribution in [0.4, 0.5) is 4.39 Å². The van der Waals surface area contributed by atoms with Gasteiger partial charge in [0, 0.05) is 44.7 Å². The van der Waals surface area contributed by atoms with Gasteiger partial charge in [0.2, 0.25) is 0 Å². The summed E-state index contributed by atoms with van der Waals surface area (Å²) >= 11 is 0. The molecular formula is C22H27FN2O. The van der Waals surface area contributed by atoms with Crippen LogP contribution >= 0.6 is 0 Å². The van der Waals surface area contributed by atoms with Crippen molar-refractivity contribution in [3.05, 3.63) is 71.8 Å². The van der Waals surface area contributed by atoms with Gasteiger partial charge in [-0.25, -0.2) is 4.39 Å². The number of carbonyl (C=O) groups is 1. The van der Waals surface area contributed by atoms with Gasteiger partial charge in [0.15, 0.2) is 12.1 Å². The average molecular weight is 354 g/mol. The molecule has 0 spiro atoms. The van der Waals surface area contributed by atoms with Crippen LogP contribution in [0.25, 0.3) is 0 Å². The molecule has 0 amide bonds. The van der Waals surface area contributed by atoms with E-state index in [1.807, 2.05) is 29.2 Å². The fourth-order valence-corrected chi connectivity index (χ4v) is 3.40. The van der Waals surface area contributed by atoms with Crippen molar-refractivity contribution in [2.24, 2.45) is 0 Å². The Hall–Kier alpha value is -2.04. The Morgan fingerprint density at radius 3 is 2.19 bits per heavy atom. The molecule has 26 heavy (non-hydrogen) atoms. The molecule has 0 N–H and O–H groups in total. The molecule has 1 heterocycles. The van der Waals surface area contributed by atoms with Crippen molar-refractivity contribution < 1.29 is 9.18 Å². The van der Waals surface area contributed by atoms with E-state index >= 15 is 0 Å². The van der Waals surface area contributed by atoms with E-state index in [4.69, 9.17) is 0 Å². The molecule has 3 nitrogen and oxygen atoms in total. The molecule has 1 aliphatic rings. The second-order valence-electron chi connectivity index (χ2n) is 6.88. The summed E-state index contributed by atoms with van der Waals surface area (Å²) in [6, 6.07) is 19.6. The van der Waals surface area contributed by atoms with Crippen molar-refractivity contribution in [1.29, 1.82) is 0 Å². The maximum absolute atomic E-state index is 14.5. The standard InChI is InChI=1S/C22H27FN2O/c23-22(12-11-21(26)20-9-5-2-6-10-20)25-17-15-24(16-18-25)14-13-19-7-3-1-4-8-19/h1-10,22H,11-18H2. The van der Waals surface area contributed by atoms with Crippen LogP contribution in [0.1, 0.15) is 28.8 Å². The maximum Gasteiger partial charge on any atom is 0.163 e. The predicted molar refractivity (Wildman–Crippen MR) is 103 cm³/mol. The lowest BCUT2D eigenvalue weighted by Gasteiger charge is -2.36. The van der Waals surface area contributed by atoms with Crippen molar-refractivity contribution in [2.45, 2.75) is 25.6 Å². The highest BCUT2D eigenvalue weighted by Crippen LogP contribution is 2.15.